The first-order valence-corrected chi connectivity index (χ1v) is 11.1. The summed E-state index contributed by atoms with van der Waals surface area (Å²) in [6.45, 7) is 10.4. The Balaban J connectivity index is 1.80. The number of anilines is 2. The number of carbonyl (C=O) groups is 3. The second-order valence-corrected chi connectivity index (χ2v) is 8.86. The highest BCUT2D eigenvalue weighted by atomic mass is 16.5. The third-order valence-corrected chi connectivity index (χ3v) is 6.04. The number of imide groups is 1. The molecule has 0 spiro atoms. The maximum absolute atomic E-state index is 13.7. The first-order valence-electron chi connectivity index (χ1n) is 11.1. The molecule has 1 saturated heterocycles. The maximum atomic E-state index is 13.7. The van der Waals surface area contributed by atoms with E-state index in [4.69, 9.17) is 4.74 Å². The highest BCUT2D eigenvalue weighted by Crippen LogP contribution is 2.36. The number of nitrogens with one attached hydrogen (secondary N) is 1. The average Bonchev–Trinajstić information content (AvgIpc) is 3.00. The summed E-state index contributed by atoms with van der Waals surface area (Å²) >= 11 is 0. The number of aryl methyl sites for hydroxylation is 2. The number of amides is 3. The van der Waals surface area contributed by atoms with Crippen molar-refractivity contribution in [3.05, 3.63) is 64.9 Å². The lowest BCUT2D eigenvalue weighted by Crippen LogP contribution is -2.47. The van der Waals surface area contributed by atoms with Gasteiger partial charge >= 0.3 is 0 Å². The van der Waals surface area contributed by atoms with Gasteiger partial charge in [0.2, 0.25) is 5.91 Å². The topological polar surface area (TPSA) is 79.0 Å². The molecule has 0 aliphatic carbocycles. The van der Waals surface area contributed by atoms with Crippen LogP contribution in [-0.4, -0.2) is 47.9 Å². The van der Waals surface area contributed by atoms with Crippen LogP contribution in [0.25, 0.3) is 5.57 Å². The fourth-order valence-corrected chi connectivity index (χ4v) is 4.45. The predicted octanol–water partition coefficient (Wildman–Crippen LogP) is 3.66. The summed E-state index contributed by atoms with van der Waals surface area (Å²) in [5.41, 5.74) is 4.69. The summed E-state index contributed by atoms with van der Waals surface area (Å²) in [6, 6.07) is 12.6. The van der Waals surface area contributed by atoms with Crippen molar-refractivity contribution in [3.8, 4) is 0 Å². The Morgan fingerprint density at radius 1 is 0.939 bits per heavy atom. The Kier molecular flexibility index (Phi) is 6.08. The molecule has 1 N–H and O–H groups in total. The second-order valence-electron chi connectivity index (χ2n) is 8.86. The fraction of sp³-hybridized carbons (Fsp3) is 0.346. The standard InChI is InChI=1S/C26H29N3O4/c1-15-6-11-22(12-16(15)2)29-25(31)23(20-7-9-21(10-8-20)27-19(5)30)24(26(29)32)28-13-17(3)33-18(4)14-28/h6-12,17-18H,13-14H2,1-5H3,(H,27,30). The van der Waals surface area contributed by atoms with E-state index < -0.39 is 0 Å². The molecule has 0 radical (unpaired) electrons. The second kappa shape index (κ2) is 8.83. The van der Waals surface area contributed by atoms with Crippen LogP contribution in [0.5, 0.6) is 0 Å². The Morgan fingerprint density at radius 3 is 2.15 bits per heavy atom. The Bertz CT molecular complexity index is 1140. The van der Waals surface area contributed by atoms with E-state index in [1.165, 1.54) is 11.8 Å². The molecule has 0 bridgehead atoms. The van der Waals surface area contributed by atoms with E-state index >= 15 is 0 Å². The quantitative estimate of drug-likeness (QED) is 0.724. The smallest absolute Gasteiger partial charge is 0.282 e. The Morgan fingerprint density at radius 2 is 1.58 bits per heavy atom. The minimum Gasteiger partial charge on any atom is -0.372 e. The maximum Gasteiger partial charge on any atom is 0.282 e. The molecule has 4 rings (SSSR count). The van der Waals surface area contributed by atoms with Crippen molar-refractivity contribution in [3.63, 3.8) is 0 Å². The fourth-order valence-electron chi connectivity index (χ4n) is 4.45. The molecule has 1 fully saturated rings. The molecule has 3 amide bonds. The molecule has 2 aromatic carbocycles. The van der Waals surface area contributed by atoms with Crippen molar-refractivity contribution in [2.24, 2.45) is 0 Å². The monoisotopic (exact) mass is 447 g/mol. The van der Waals surface area contributed by atoms with Gasteiger partial charge in [0.1, 0.15) is 5.70 Å². The number of benzene rings is 2. The van der Waals surface area contributed by atoms with E-state index in [1.54, 1.807) is 24.3 Å². The van der Waals surface area contributed by atoms with Crippen LogP contribution < -0.4 is 10.2 Å². The largest absolute Gasteiger partial charge is 0.372 e. The lowest BCUT2D eigenvalue weighted by Gasteiger charge is -2.37. The summed E-state index contributed by atoms with van der Waals surface area (Å²) in [7, 11) is 0. The van der Waals surface area contributed by atoms with Crippen molar-refractivity contribution >= 4 is 34.7 Å². The number of nitrogens with zero attached hydrogens (tertiary/aromatic N) is 2. The third-order valence-electron chi connectivity index (χ3n) is 6.04. The highest BCUT2D eigenvalue weighted by Gasteiger charge is 2.43. The third kappa shape index (κ3) is 4.41. The zero-order valence-electron chi connectivity index (χ0n) is 19.6. The van der Waals surface area contributed by atoms with Gasteiger partial charge in [-0.2, -0.15) is 0 Å². The van der Waals surface area contributed by atoms with E-state index in [9.17, 15) is 14.4 Å². The molecule has 2 aromatic rings. The van der Waals surface area contributed by atoms with Crippen molar-refractivity contribution in [2.45, 2.75) is 46.8 Å². The van der Waals surface area contributed by atoms with Gasteiger partial charge in [-0.3, -0.25) is 14.4 Å². The van der Waals surface area contributed by atoms with Gasteiger partial charge in [-0.15, -0.1) is 0 Å². The zero-order chi connectivity index (χ0) is 23.9. The molecule has 33 heavy (non-hydrogen) atoms. The number of rotatable bonds is 4. The Labute approximate surface area is 194 Å². The minimum absolute atomic E-state index is 0.0665. The van der Waals surface area contributed by atoms with E-state index in [2.05, 4.69) is 5.32 Å². The van der Waals surface area contributed by atoms with Crippen LogP contribution in [-0.2, 0) is 19.1 Å². The predicted molar refractivity (Wildman–Crippen MR) is 128 cm³/mol. The molecule has 172 valence electrons. The van der Waals surface area contributed by atoms with Gasteiger partial charge in [0.15, 0.2) is 0 Å². The van der Waals surface area contributed by atoms with Gasteiger partial charge in [0, 0.05) is 25.7 Å². The van der Waals surface area contributed by atoms with Crippen LogP contribution in [0.15, 0.2) is 48.2 Å². The number of ether oxygens (including phenoxy) is 1. The molecule has 7 nitrogen and oxygen atoms in total. The van der Waals surface area contributed by atoms with Crippen molar-refractivity contribution in [2.75, 3.05) is 23.3 Å². The lowest BCUT2D eigenvalue weighted by atomic mass is 10.0. The summed E-state index contributed by atoms with van der Waals surface area (Å²) in [4.78, 5) is 42.1. The van der Waals surface area contributed by atoms with Crippen molar-refractivity contribution < 1.29 is 19.1 Å². The highest BCUT2D eigenvalue weighted by molar-refractivity contribution is 6.45. The minimum atomic E-state index is -0.350. The molecule has 7 heteroatoms. The SMILES string of the molecule is CC(=O)Nc1ccc(C2=C(N3CC(C)OC(C)C3)C(=O)N(c3ccc(C)c(C)c3)C2=O)cc1. The normalized spacial score (nSPS) is 21.1. The molecule has 2 unspecified atom stereocenters. The first-order chi connectivity index (χ1) is 15.7. The van der Waals surface area contributed by atoms with E-state index in [0.29, 0.717) is 41.3 Å². The summed E-state index contributed by atoms with van der Waals surface area (Å²) in [5, 5.41) is 2.73. The molecule has 0 aromatic heterocycles. The van der Waals surface area contributed by atoms with Gasteiger partial charge in [0.05, 0.1) is 23.5 Å². The molecule has 2 atom stereocenters. The van der Waals surface area contributed by atoms with Crippen LogP contribution in [0, 0.1) is 13.8 Å². The van der Waals surface area contributed by atoms with Gasteiger partial charge in [-0.25, -0.2) is 4.90 Å². The molecular formula is C26H29N3O4. The lowest BCUT2D eigenvalue weighted by molar-refractivity contribution is -0.121. The molecular weight excluding hydrogens is 418 g/mol. The number of carbonyl (C=O) groups excluding carboxylic acids is 3. The number of morpholine rings is 1. The van der Waals surface area contributed by atoms with Crippen LogP contribution in [0.4, 0.5) is 11.4 Å². The van der Waals surface area contributed by atoms with E-state index in [0.717, 1.165) is 11.1 Å². The van der Waals surface area contributed by atoms with Crippen LogP contribution in [0.3, 0.4) is 0 Å². The molecule has 2 aliphatic heterocycles. The Hall–Kier alpha value is -3.45. The van der Waals surface area contributed by atoms with Crippen LogP contribution in [0.1, 0.15) is 37.5 Å². The average molecular weight is 448 g/mol. The van der Waals surface area contributed by atoms with Crippen molar-refractivity contribution in [1.82, 2.24) is 4.90 Å². The van der Waals surface area contributed by atoms with Crippen LogP contribution in [0.2, 0.25) is 0 Å². The molecule has 2 heterocycles. The zero-order valence-corrected chi connectivity index (χ0v) is 19.6. The van der Waals surface area contributed by atoms with Gasteiger partial charge < -0.3 is 15.0 Å². The van der Waals surface area contributed by atoms with E-state index in [1.807, 2.05) is 50.8 Å². The van der Waals surface area contributed by atoms with Crippen LogP contribution >= 0.6 is 0 Å². The van der Waals surface area contributed by atoms with E-state index in [-0.39, 0.29) is 29.9 Å². The number of hydrogen-bond donors (Lipinski definition) is 1. The molecule has 2 aliphatic rings. The summed E-state index contributed by atoms with van der Waals surface area (Å²) in [6.07, 6.45) is -0.133. The summed E-state index contributed by atoms with van der Waals surface area (Å²) in [5.74, 6) is -0.852. The van der Waals surface area contributed by atoms with Crippen molar-refractivity contribution in [1.29, 1.82) is 0 Å². The first kappa shape index (κ1) is 22.7. The van der Waals surface area contributed by atoms with Gasteiger partial charge in [-0.05, 0) is 68.7 Å². The van der Waals surface area contributed by atoms with Gasteiger partial charge in [-0.1, -0.05) is 18.2 Å². The van der Waals surface area contributed by atoms with Gasteiger partial charge in [0.25, 0.3) is 11.8 Å². The summed E-state index contributed by atoms with van der Waals surface area (Å²) < 4.78 is 5.86. The molecule has 0 saturated carbocycles. The number of hydrogen-bond acceptors (Lipinski definition) is 5.